The van der Waals surface area contributed by atoms with Crippen molar-refractivity contribution in [2.75, 3.05) is 29.8 Å². The average Bonchev–Trinajstić information content (AvgIpc) is 2.75. The number of benzene rings is 2. The molecule has 2 aromatic carbocycles. The van der Waals surface area contributed by atoms with Gasteiger partial charge in [-0.05, 0) is 68.7 Å². The van der Waals surface area contributed by atoms with Crippen molar-refractivity contribution in [1.82, 2.24) is 0 Å². The topological polar surface area (TPSA) is 50.8 Å². The molecular weight excluding hydrogens is 408 g/mol. The zero-order valence-corrected chi connectivity index (χ0v) is 20.5. The highest BCUT2D eigenvalue weighted by atomic mass is 32.2. The SMILES string of the molecule is CCCCCCCCOc1ccc(C)cc1OS(=O)Nc1ccc(N(C)CC)cc1C. The molecule has 2 rings (SSSR count). The molecule has 0 aliphatic rings. The van der Waals surface area contributed by atoms with E-state index in [1.165, 1.54) is 25.7 Å². The van der Waals surface area contributed by atoms with Gasteiger partial charge >= 0.3 is 11.3 Å². The van der Waals surface area contributed by atoms with Crippen molar-refractivity contribution in [2.24, 2.45) is 0 Å². The Kier molecular flexibility index (Phi) is 10.7. The van der Waals surface area contributed by atoms with E-state index in [1.807, 2.05) is 51.2 Å². The Hall–Kier alpha value is -2.21. The van der Waals surface area contributed by atoms with Crippen LogP contribution >= 0.6 is 0 Å². The zero-order valence-electron chi connectivity index (χ0n) is 19.7. The number of nitrogens with zero attached hydrogens (tertiary/aromatic N) is 1. The molecule has 31 heavy (non-hydrogen) atoms. The van der Waals surface area contributed by atoms with Crippen molar-refractivity contribution in [3.8, 4) is 11.5 Å². The smallest absolute Gasteiger partial charge is 0.316 e. The summed E-state index contributed by atoms with van der Waals surface area (Å²) in [5, 5.41) is 0. The predicted molar refractivity (Wildman–Crippen MR) is 133 cm³/mol. The van der Waals surface area contributed by atoms with Crippen molar-refractivity contribution in [3.63, 3.8) is 0 Å². The van der Waals surface area contributed by atoms with Crippen LogP contribution < -0.4 is 18.5 Å². The van der Waals surface area contributed by atoms with E-state index in [0.717, 1.165) is 41.9 Å². The monoisotopic (exact) mass is 446 g/mol. The number of nitrogens with one attached hydrogen (secondary N) is 1. The van der Waals surface area contributed by atoms with Gasteiger partial charge in [-0.2, -0.15) is 4.21 Å². The second-order valence-electron chi connectivity index (χ2n) is 8.00. The van der Waals surface area contributed by atoms with Crippen LogP contribution in [0.25, 0.3) is 0 Å². The van der Waals surface area contributed by atoms with Crippen LogP contribution in [-0.2, 0) is 11.3 Å². The molecule has 0 heterocycles. The number of rotatable bonds is 14. The summed E-state index contributed by atoms with van der Waals surface area (Å²) in [4.78, 5) is 2.16. The number of unbranched alkanes of at least 4 members (excludes halogenated alkanes) is 5. The first kappa shape index (κ1) is 25.1. The fourth-order valence-electron chi connectivity index (χ4n) is 3.24. The van der Waals surface area contributed by atoms with Gasteiger partial charge in [-0.25, -0.2) is 0 Å². The van der Waals surface area contributed by atoms with Gasteiger partial charge in [-0.3, -0.25) is 4.72 Å². The standard InChI is InChI=1S/C25H38N2O3S/c1-6-8-9-10-11-12-17-29-24-16-13-20(3)18-25(24)30-31(28)26-23-15-14-22(19-21(23)4)27(5)7-2/h13-16,18-19,26H,6-12,17H2,1-5H3. The van der Waals surface area contributed by atoms with Gasteiger partial charge in [0.25, 0.3) is 0 Å². The van der Waals surface area contributed by atoms with Gasteiger partial charge in [0.05, 0.1) is 12.3 Å². The molecule has 0 saturated heterocycles. The molecule has 0 aliphatic heterocycles. The Labute approximate surface area is 190 Å². The molecule has 0 spiro atoms. The lowest BCUT2D eigenvalue weighted by Crippen LogP contribution is -2.16. The number of hydrogen-bond acceptors (Lipinski definition) is 4. The molecule has 0 fully saturated rings. The summed E-state index contributed by atoms with van der Waals surface area (Å²) in [6.45, 7) is 9.87. The molecule has 2 aromatic rings. The van der Waals surface area contributed by atoms with Crippen LogP contribution in [0.3, 0.4) is 0 Å². The Morgan fingerprint density at radius 1 is 0.935 bits per heavy atom. The van der Waals surface area contributed by atoms with Crippen molar-refractivity contribution in [2.45, 2.75) is 66.2 Å². The van der Waals surface area contributed by atoms with Crippen molar-refractivity contribution in [3.05, 3.63) is 47.5 Å². The van der Waals surface area contributed by atoms with E-state index in [1.54, 1.807) is 0 Å². The fourth-order valence-corrected chi connectivity index (χ4v) is 3.98. The summed E-state index contributed by atoms with van der Waals surface area (Å²) in [5.41, 5.74) is 3.95. The van der Waals surface area contributed by atoms with Gasteiger partial charge < -0.3 is 13.8 Å². The maximum Gasteiger partial charge on any atom is 0.316 e. The first-order valence-electron chi connectivity index (χ1n) is 11.4. The lowest BCUT2D eigenvalue weighted by Gasteiger charge is -2.19. The van der Waals surface area contributed by atoms with Gasteiger partial charge in [-0.15, -0.1) is 0 Å². The minimum atomic E-state index is -1.73. The average molecular weight is 447 g/mol. The number of aryl methyl sites for hydroxylation is 2. The summed E-state index contributed by atoms with van der Waals surface area (Å²) < 4.78 is 27.3. The fraction of sp³-hybridized carbons (Fsp3) is 0.520. The maximum absolute atomic E-state index is 12.7. The zero-order chi connectivity index (χ0) is 22.6. The van der Waals surface area contributed by atoms with Crippen LogP contribution in [0.1, 0.15) is 63.5 Å². The van der Waals surface area contributed by atoms with Crippen molar-refractivity contribution < 1.29 is 13.1 Å². The molecule has 0 amide bonds. The first-order chi connectivity index (χ1) is 14.9. The Morgan fingerprint density at radius 3 is 2.39 bits per heavy atom. The van der Waals surface area contributed by atoms with Crippen LogP contribution in [-0.4, -0.2) is 24.4 Å². The molecule has 6 heteroatoms. The summed E-state index contributed by atoms with van der Waals surface area (Å²) in [5.74, 6) is 1.13. The van der Waals surface area contributed by atoms with E-state index in [9.17, 15) is 4.21 Å². The molecule has 0 aliphatic carbocycles. The van der Waals surface area contributed by atoms with E-state index in [2.05, 4.69) is 29.5 Å². The summed E-state index contributed by atoms with van der Waals surface area (Å²) >= 11 is -1.73. The van der Waals surface area contributed by atoms with Gasteiger partial charge in [0.1, 0.15) is 0 Å². The normalized spacial score (nSPS) is 11.8. The summed E-state index contributed by atoms with van der Waals surface area (Å²) in [6.07, 6.45) is 7.26. The first-order valence-corrected chi connectivity index (χ1v) is 12.4. The largest absolute Gasteiger partial charge is 0.490 e. The Morgan fingerprint density at radius 2 is 1.68 bits per heavy atom. The number of anilines is 2. The third-order valence-corrected chi connectivity index (χ3v) is 6.06. The minimum Gasteiger partial charge on any atom is -0.490 e. The van der Waals surface area contributed by atoms with Gasteiger partial charge in [0.2, 0.25) is 0 Å². The molecule has 5 nitrogen and oxygen atoms in total. The second-order valence-corrected chi connectivity index (χ2v) is 8.84. The lowest BCUT2D eigenvalue weighted by atomic mass is 10.1. The van der Waals surface area contributed by atoms with Crippen LogP contribution in [0, 0.1) is 13.8 Å². The highest BCUT2D eigenvalue weighted by molar-refractivity contribution is 7.82. The van der Waals surface area contributed by atoms with Crippen LogP contribution in [0.15, 0.2) is 36.4 Å². The Bertz CT molecular complexity index is 842. The van der Waals surface area contributed by atoms with E-state index in [0.29, 0.717) is 18.1 Å². The van der Waals surface area contributed by atoms with E-state index < -0.39 is 11.3 Å². The van der Waals surface area contributed by atoms with Crippen LogP contribution in [0.4, 0.5) is 11.4 Å². The highest BCUT2D eigenvalue weighted by Gasteiger charge is 2.12. The molecule has 1 unspecified atom stereocenters. The summed E-state index contributed by atoms with van der Waals surface area (Å²) in [7, 11) is 2.05. The maximum atomic E-state index is 12.7. The predicted octanol–water partition coefficient (Wildman–Crippen LogP) is 6.57. The van der Waals surface area contributed by atoms with Crippen LogP contribution in [0.2, 0.25) is 0 Å². The Balaban J connectivity index is 1.94. The second kappa shape index (κ2) is 13.3. The third-order valence-electron chi connectivity index (χ3n) is 5.34. The molecule has 0 aromatic heterocycles. The van der Waals surface area contributed by atoms with Crippen molar-refractivity contribution >= 4 is 22.6 Å². The summed E-state index contributed by atoms with van der Waals surface area (Å²) in [6, 6.07) is 11.8. The molecule has 0 saturated carbocycles. The molecule has 1 N–H and O–H groups in total. The van der Waals surface area contributed by atoms with E-state index >= 15 is 0 Å². The van der Waals surface area contributed by atoms with Crippen molar-refractivity contribution in [1.29, 1.82) is 0 Å². The van der Waals surface area contributed by atoms with Crippen LogP contribution in [0.5, 0.6) is 11.5 Å². The number of hydrogen-bond donors (Lipinski definition) is 1. The van der Waals surface area contributed by atoms with Gasteiger partial charge in [0.15, 0.2) is 11.5 Å². The minimum absolute atomic E-state index is 0.497. The van der Waals surface area contributed by atoms with Gasteiger partial charge in [-0.1, -0.05) is 45.1 Å². The molecule has 0 bridgehead atoms. The van der Waals surface area contributed by atoms with E-state index in [-0.39, 0.29) is 0 Å². The number of ether oxygens (including phenoxy) is 1. The third kappa shape index (κ3) is 8.44. The molecular formula is C25H38N2O3S. The molecule has 0 radical (unpaired) electrons. The quantitative estimate of drug-likeness (QED) is 0.334. The highest BCUT2D eigenvalue weighted by Crippen LogP contribution is 2.30. The van der Waals surface area contributed by atoms with Gasteiger partial charge in [0, 0.05) is 19.3 Å². The van der Waals surface area contributed by atoms with E-state index in [4.69, 9.17) is 8.92 Å². The lowest BCUT2D eigenvalue weighted by molar-refractivity contribution is 0.296. The molecule has 172 valence electrons. The molecule has 1 atom stereocenters.